The zero-order valence-corrected chi connectivity index (χ0v) is 16.6. The van der Waals surface area contributed by atoms with E-state index in [0.29, 0.717) is 30.3 Å². The summed E-state index contributed by atoms with van der Waals surface area (Å²) in [6.45, 7) is 7.68. The molecular formula is C20H26N4O4. The van der Waals surface area contributed by atoms with Gasteiger partial charge in [0.1, 0.15) is 29.0 Å². The highest BCUT2D eigenvalue weighted by atomic mass is 16.3. The molecular weight excluding hydrogens is 360 g/mol. The van der Waals surface area contributed by atoms with Crippen molar-refractivity contribution in [2.24, 2.45) is 22.0 Å². The van der Waals surface area contributed by atoms with Crippen molar-refractivity contribution in [3.05, 3.63) is 47.3 Å². The molecule has 8 nitrogen and oxygen atoms in total. The number of furan rings is 2. The quantitative estimate of drug-likeness (QED) is 0.392. The third-order valence-electron chi connectivity index (χ3n) is 3.92. The Hall–Kier alpha value is -3.16. The molecule has 28 heavy (non-hydrogen) atoms. The Kier molecular flexibility index (Phi) is 7.74. The fourth-order valence-corrected chi connectivity index (χ4v) is 2.40. The van der Waals surface area contributed by atoms with Crippen molar-refractivity contribution in [2.75, 3.05) is 0 Å². The number of nitrogens with zero attached hydrogens (tertiary/aromatic N) is 2. The Bertz CT molecular complexity index is 784. The van der Waals surface area contributed by atoms with Gasteiger partial charge < -0.3 is 8.83 Å². The van der Waals surface area contributed by atoms with E-state index in [4.69, 9.17) is 8.83 Å². The van der Waals surface area contributed by atoms with E-state index < -0.39 is 17.7 Å². The minimum atomic E-state index is -0.909. The third kappa shape index (κ3) is 6.86. The van der Waals surface area contributed by atoms with E-state index >= 15 is 0 Å². The van der Waals surface area contributed by atoms with Crippen LogP contribution in [0.15, 0.2) is 43.3 Å². The van der Waals surface area contributed by atoms with Gasteiger partial charge in [0.2, 0.25) is 0 Å². The number of hydrogen-bond donors (Lipinski definition) is 2. The second-order valence-corrected chi connectivity index (χ2v) is 6.89. The largest absolute Gasteiger partial charge is 0.460 e. The molecule has 0 saturated heterocycles. The lowest BCUT2D eigenvalue weighted by molar-refractivity contribution is -0.135. The van der Waals surface area contributed by atoms with Gasteiger partial charge in [-0.15, -0.1) is 0 Å². The van der Waals surface area contributed by atoms with Crippen molar-refractivity contribution in [3.8, 4) is 0 Å². The summed E-state index contributed by atoms with van der Waals surface area (Å²) in [6, 6.07) is 7.05. The molecule has 0 atom stereocenters. The van der Waals surface area contributed by atoms with E-state index in [1.54, 1.807) is 24.3 Å². The topological polar surface area (TPSA) is 109 Å². The zero-order chi connectivity index (χ0) is 20.5. The van der Waals surface area contributed by atoms with Crippen LogP contribution in [0.5, 0.6) is 0 Å². The molecule has 0 fully saturated rings. The number of hydrazone groups is 2. The molecule has 0 bridgehead atoms. The van der Waals surface area contributed by atoms with Crippen LogP contribution in [0.1, 0.15) is 49.7 Å². The van der Waals surface area contributed by atoms with Gasteiger partial charge in [-0.2, -0.15) is 10.2 Å². The van der Waals surface area contributed by atoms with E-state index in [9.17, 15) is 9.59 Å². The lowest BCUT2D eigenvalue weighted by Crippen LogP contribution is -2.38. The van der Waals surface area contributed by atoms with Gasteiger partial charge in [-0.3, -0.25) is 9.59 Å². The van der Waals surface area contributed by atoms with Crippen LogP contribution in [0.2, 0.25) is 0 Å². The molecule has 0 unspecified atom stereocenters. The Morgan fingerprint density at radius 3 is 1.71 bits per heavy atom. The number of aryl methyl sites for hydroxylation is 2. The molecule has 0 spiro atoms. The summed E-state index contributed by atoms with van der Waals surface area (Å²) in [5.74, 6) is 0.959. The molecule has 2 amide bonds. The second-order valence-electron chi connectivity index (χ2n) is 6.89. The monoisotopic (exact) mass is 386 g/mol. The molecule has 2 aromatic heterocycles. The van der Waals surface area contributed by atoms with E-state index in [2.05, 4.69) is 21.1 Å². The third-order valence-corrected chi connectivity index (χ3v) is 3.92. The van der Waals surface area contributed by atoms with Gasteiger partial charge in [-0.25, -0.2) is 10.9 Å². The summed E-state index contributed by atoms with van der Waals surface area (Å²) in [5.41, 5.74) is 4.79. The maximum atomic E-state index is 12.4. The Morgan fingerprint density at radius 1 is 0.893 bits per heavy atom. The fraction of sp³-hybridized carbons (Fsp3) is 0.400. The molecule has 0 aliphatic rings. The molecule has 0 radical (unpaired) electrons. The minimum Gasteiger partial charge on any atom is -0.460 e. The SMILES string of the molecule is Cc1ccc(C=NNC(=O)C(CCC(C)C)C(=O)NN=Cc2ccc(C)o2)o1. The van der Waals surface area contributed by atoms with Crippen LogP contribution in [0.4, 0.5) is 0 Å². The average molecular weight is 386 g/mol. The standard InChI is InChI=1S/C20H26N4O4/c1-13(2)5-10-18(19(25)23-21-11-16-8-6-14(3)27-16)20(26)24-22-12-17-9-7-15(4)28-17/h6-9,11-13,18H,5,10H2,1-4H3,(H,23,25)(H,24,26). The molecule has 0 aromatic carbocycles. The molecule has 150 valence electrons. The maximum Gasteiger partial charge on any atom is 0.252 e. The Labute approximate surface area is 164 Å². The van der Waals surface area contributed by atoms with Gasteiger partial charge in [-0.1, -0.05) is 13.8 Å². The number of amides is 2. The lowest BCUT2D eigenvalue weighted by atomic mass is 9.96. The molecule has 2 heterocycles. The van der Waals surface area contributed by atoms with Crippen molar-refractivity contribution >= 4 is 24.2 Å². The highest BCUT2D eigenvalue weighted by molar-refractivity contribution is 6.00. The van der Waals surface area contributed by atoms with Gasteiger partial charge in [0.25, 0.3) is 11.8 Å². The van der Waals surface area contributed by atoms with Crippen LogP contribution in [0, 0.1) is 25.7 Å². The second kappa shape index (κ2) is 10.2. The zero-order valence-electron chi connectivity index (χ0n) is 16.6. The van der Waals surface area contributed by atoms with Crippen LogP contribution >= 0.6 is 0 Å². The smallest absolute Gasteiger partial charge is 0.252 e. The van der Waals surface area contributed by atoms with Gasteiger partial charge in [0.15, 0.2) is 0 Å². The lowest BCUT2D eigenvalue weighted by Gasteiger charge is -2.14. The Balaban J connectivity index is 1.96. The number of rotatable bonds is 9. The maximum absolute atomic E-state index is 12.4. The molecule has 0 aliphatic carbocycles. The Morgan fingerprint density at radius 2 is 1.36 bits per heavy atom. The van der Waals surface area contributed by atoms with Gasteiger partial charge in [0.05, 0.1) is 12.4 Å². The first-order valence-corrected chi connectivity index (χ1v) is 9.14. The van der Waals surface area contributed by atoms with Crippen molar-refractivity contribution in [2.45, 2.75) is 40.5 Å². The van der Waals surface area contributed by atoms with Gasteiger partial charge in [0, 0.05) is 0 Å². The van der Waals surface area contributed by atoms with Crippen LogP contribution in [0.25, 0.3) is 0 Å². The predicted molar refractivity (Wildman–Crippen MR) is 106 cm³/mol. The van der Waals surface area contributed by atoms with E-state index in [1.807, 2.05) is 27.7 Å². The normalized spacial score (nSPS) is 12.8. The van der Waals surface area contributed by atoms with Gasteiger partial charge in [-0.05, 0) is 56.9 Å². The number of hydrogen-bond acceptors (Lipinski definition) is 6. The van der Waals surface area contributed by atoms with Crippen molar-refractivity contribution in [1.82, 2.24) is 10.9 Å². The van der Waals surface area contributed by atoms with E-state index in [0.717, 1.165) is 11.5 Å². The first-order valence-electron chi connectivity index (χ1n) is 9.14. The average Bonchev–Trinajstić information content (AvgIpc) is 3.23. The summed E-state index contributed by atoms with van der Waals surface area (Å²) in [7, 11) is 0. The van der Waals surface area contributed by atoms with Crippen molar-refractivity contribution in [3.63, 3.8) is 0 Å². The summed E-state index contributed by atoms with van der Waals surface area (Å²) in [4.78, 5) is 24.9. The first kappa shape index (κ1) is 21.1. The molecule has 0 saturated carbocycles. The summed E-state index contributed by atoms with van der Waals surface area (Å²) in [6.07, 6.45) is 3.88. The number of carbonyl (C=O) groups excluding carboxylic acids is 2. The van der Waals surface area contributed by atoms with E-state index in [-0.39, 0.29) is 0 Å². The van der Waals surface area contributed by atoms with Crippen molar-refractivity contribution in [1.29, 1.82) is 0 Å². The molecule has 2 rings (SSSR count). The molecule has 2 N–H and O–H groups in total. The van der Waals surface area contributed by atoms with Crippen LogP contribution in [0.3, 0.4) is 0 Å². The van der Waals surface area contributed by atoms with Crippen molar-refractivity contribution < 1.29 is 18.4 Å². The number of carbonyl (C=O) groups is 2. The van der Waals surface area contributed by atoms with E-state index in [1.165, 1.54) is 12.4 Å². The first-order chi connectivity index (χ1) is 13.3. The summed E-state index contributed by atoms with van der Waals surface area (Å²) < 4.78 is 10.7. The minimum absolute atomic E-state index is 0.354. The number of nitrogens with one attached hydrogen (secondary N) is 2. The van der Waals surface area contributed by atoms with Gasteiger partial charge >= 0.3 is 0 Å². The van der Waals surface area contributed by atoms with Crippen LogP contribution in [-0.4, -0.2) is 24.2 Å². The molecule has 0 aliphatic heterocycles. The summed E-state index contributed by atoms with van der Waals surface area (Å²) >= 11 is 0. The van der Waals surface area contributed by atoms with Crippen LogP contribution in [-0.2, 0) is 9.59 Å². The highest BCUT2D eigenvalue weighted by Gasteiger charge is 2.26. The summed E-state index contributed by atoms with van der Waals surface area (Å²) in [5, 5.41) is 7.73. The van der Waals surface area contributed by atoms with Crippen LogP contribution < -0.4 is 10.9 Å². The molecule has 8 heteroatoms. The molecule has 2 aromatic rings. The predicted octanol–water partition coefficient (Wildman–Crippen LogP) is 3.14. The fourth-order valence-electron chi connectivity index (χ4n) is 2.40. The highest BCUT2D eigenvalue weighted by Crippen LogP contribution is 2.13.